The average molecular weight is 238 g/mol. The zero-order valence-corrected chi connectivity index (χ0v) is 10.3. The Labute approximate surface area is 101 Å². The van der Waals surface area contributed by atoms with E-state index in [9.17, 15) is 9.90 Å². The van der Waals surface area contributed by atoms with Crippen molar-refractivity contribution in [3.8, 4) is 5.75 Å². The predicted molar refractivity (Wildman–Crippen MR) is 64.9 cm³/mol. The summed E-state index contributed by atoms with van der Waals surface area (Å²) < 4.78 is 5.08. The van der Waals surface area contributed by atoms with Crippen LogP contribution in [0.5, 0.6) is 5.75 Å². The van der Waals surface area contributed by atoms with Gasteiger partial charge < -0.3 is 15.2 Å². The Kier molecular flexibility index (Phi) is 4.90. The second-order valence-electron chi connectivity index (χ2n) is 4.14. The molecule has 1 rings (SSSR count). The molecule has 0 saturated carbocycles. The van der Waals surface area contributed by atoms with Gasteiger partial charge in [0.1, 0.15) is 11.4 Å². The molecule has 0 fully saturated rings. The predicted octanol–water partition coefficient (Wildman–Crippen LogP) is 1.44. The first-order chi connectivity index (χ1) is 8.04. The molecule has 1 atom stereocenters. The number of aliphatic hydroxyl groups excluding tert-OH is 1. The minimum absolute atomic E-state index is 0.0524. The van der Waals surface area contributed by atoms with Crippen molar-refractivity contribution in [2.24, 2.45) is 5.92 Å². The fraction of sp³-hybridized carbons (Fsp3) is 0.500. The van der Waals surface area contributed by atoms with Crippen LogP contribution in [-0.2, 0) is 4.79 Å². The van der Waals surface area contributed by atoms with Gasteiger partial charge in [0.25, 0.3) is 0 Å². The van der Waals surface area contributed by atoms with Gasteiger partial charge in [0.2, 0.25) is 5.91 Å². The van der Waals surface area contributed by atoms with Gasteiger partial charge in [0.05, 0.1) is 25.8 Å². The lowest BCUT2D eigenvalue weighted by atomic mass is 10.0. The van der Waals surface area contributed by atoms with Crippen LogP contribution in [0.2, 0.25) is 0 Å². The largest absolute Gasteiger partial charge is 0.494 e. The van der Waals surface area contributed by atoms with Gasteiger partial charge in [-0.05, 0) is 5.92 Å². The van der Waals surface area contributed by atoms with Gasteiger partial charge in [0, 0.05) is 12.3 Å². The Morgan fingerprint density at radius 2 is 2.29 bits per heavy atom. The summed E-state index contributed by atoms with van der Waals surface area (Å²) in [6.07, 6.45) is 2.52. The maximum atomic E-state index is 11.6. The minimum atomic E-state index is -0.641. The van der Waals surface area contributed by atoms with Gasteiger partial charge >= 0.3 is 0 Å². The maximum absolute atomic E-state index is 11.6. The molecular weight excluding hydrogens is 220 g/mol. The lowest BCUT2D eigenvalue weighted by Gasteiger charge is -2.14. The molecule has 1 unspecified atom stereocenters. The summed E-state index contributed by atoms with van der Waals surface area (Å²) in [5.41, 5.74) is 0.510. The van der Waals surface area contributed by atoms with Crippen molar-refractivity contribution in [2.45, 2.75) is 26.4 Å². The van der Waals surface area contributed by atoms with Gasteiger partial charge in [0.15, 0.2) is 0 Å². The average Bonchev–Trinajstić information content (AvgIpc) is 2.29. The summed E-state index contributed by atoms with van der Waals surface area (Å²) in [7, 11) is 1.52. The number of aromatic nitrogens is 1. The Balaban J connectivity index is 2.62. The third kappa shape index (κ3) is 4.03. The molecule has 1 aromatic heterocycles. The van der Waals surface area contributed by atoms with Crippen LogP contribution in [-0.4, -0.2) is 29.2 Å². The highest BCUT2D eigenvalue weighted by atomic mass is 16.5. The van der Waals surface area contributed by atoms with Crippen molar-refractivity contribution in [3.05, 3.63) is 18.5 Å². The van der Waals surface area contributed by atoms with Crippen LogP contribution in [0.4, 0.5) is 5.69 Å². The number of methoxy groups -OCH3 is 1. The molecule has 0 radical (unpaired) electrons. The SMILES string of the molecule is COc1ccncc1NC(=O)CC(O)C(C)C. The van der Waals surface area contributed by atoms with E-state index < -0.39 is 6.10 Å². The Morgan fingerprint density at radius 3 is 2.88 bits per heavy atom. The number of aliphatic hydroxyl groups is 1. The van der Waals surface area contributed by atoms with E-state index in [0.717, 1.165) is 0 Å². The number of ether oxygens (including phenoxy) is 1. The van der Waals surface area contributed by atoms with Crippen LogP contribution in [0.25, 0.3) is 0 Å². The van der Waals surface area contributed by atoms with E-state index >= 15 is 0 Å². The van der Waals surface area contributed by atoms with Crippen molar-refractivity contribution in [3.63, 3.8) is 0 Å². The van der Waals surface area contributed by atoms with Gasteiger partial charge in [-0.25, -0.2) is 0 Å². The summed E-state index contributed by atoms with van der Waals surface area (Å²) in [4.78, 5) is 15.5. The molecule has 1 heterocycles. The number of pyridine rings is 1. The zero-order chi connectivity index (χ0) is 12.8. The molecule has 0 spiro atoms. The molecule has 5 heteroatoms. The van der Waals surface area contributed by atoms with Crippen molar-refractivity contribution in [2.75, 3.05) is 12.4 Å². The van der Waals surface area contributed by atoms with E-state index in [1.807, 2.05) is 13.8 Å². The maximum Gasteiger partial charge on any atom is 0.227 e. The number of anilines is 1. The van der Waals surface area contributed by atoms with E-state index in [4.69, 9.17) is 4.74 Å². The molecule has 17 heavy (non-hydrogen) atoms. The molecule has 0 aliphatic heterocycles. The van der Waals surface area contributed by atoms with Crippen molar-refractivity contribution in [1.29, 1.82) is 0 Å². The molecule has 0 bridgehead atoms. The van der Waals surface area contributed by atoms with Crippen molar-refractivity contribution in [1.82, 2.24) is 4.98 Å². The first-order valence-corrected chi connectivity index (χ1v) is 5.50. The van der Waals surface area contributed by atoms with E-state index in [1.165, 1.54) is 13.3 Å². The molecule has 1 amide bonds. The number of carbonyl (C=O) groups excluding carboxylic acids is 1. The van der Waals surface area contributed by atoms with Crippen LogP contribution >= 0.6 is 0 Å². The molecule has 0 aromatic carbocycles. The fourth-order valence-corrected chi connectivity index (χ4v) is 1.28. The lowest BCUT2D eigenvalue weighted by Crippen LogP contribution is -2.23. The van der Waals surface area contributed by atoms with Gasteiger partial charge in [-0.3, -0.25) is 9.78 Å². The second kappa shape index (κ2) is 6.20. The molecule has 0 aliphatic rings. The quantitative estimate of drug-likeness (QED) is 0.814. The Morgan fingerprint density at radius 1 is 1.59 bits per heavy atom. The van der Waals surface area contributed by atoms with Crippen LogP contribution < -0.4 is 10.1 Å². The summed E-state index contributed by atoms with van der Waals surface area (Å²) >= 11 is 0. The fourth-order valence-electron chi connectivity index (χ4n) is 1.28. The number of nitrogens with one attached hydrogen (secondary N) is 1. The van der Waals surface area contributed by atoms with E-state index in [1.54, 1.807) is 12.3 Å². The van der Waals surface area contributed by atoms with Crippen molar-refractivity contribution >= 4 is 11.6 Å². The topological polar surface area (TPSA) is 71.5 Å². The highest BCUT2D eigenvalue weighted by Gasteiger charge is 2.15. The molecule has 0 saturated heterocycles. The Bertz CT molecular complexity index is 380. The Hall–Kier alpha value is -1.62. The number of amides is 1. The van der Waals surface area contributed by atoms with E-state index in [0.29, 0.717) is 11.4 Å². The molecule has 5 nitrogen and oxygen atoms in total. The van der Waals surface area contributed by atoms with Crippen LogP contribution in [0.3, 0.4) is 0 Å². The van der Waals surface area contributed by atoms with E-state index in [-0.39, 0.29) is 18.2 Å². The molecule has 1 aromatic rings. The molecule has 94 valence electrons. The summed E-state index contributed by atoms with van der Waals surface area (Å²) in [5.74, 6) is 0.349. The number of nitrogens with zero attached hydrogens (tertiary/aromatic N) is 1. The van der Waals surface area contributed by atoms with Crippen LogP contribution in [0.15, 0.2) is 18.5 Å². The summed E-state index contributed by atoms with van der Waals surface area (Å²) in [6, 6.07) is 1.66. The number of hydrogen-bond acceptors (Lipinski definition) is 4. The third-order valence-corrected chi connectivity index (χ3v) is 2.44. The highest BCUT2D eigenvalue weighted by Crippen LogP contribution is 2.22. The summed E-state index contributed by atoms with van der Waals surface area (Å²) in [6.45, 7) is 3.73. The summed E-state index contributed by atoms with van der Waals surface area (Å²) in [5, 5.41) is 12.3. The normalized spacial score (nSPS) is 12.3. The first kappa shape index (κ1) is 13.4. The molecular formula is C12H18N2O3. The lowest BCUT2D eigenvalue weighted by molar-refractivity contribution is -0.118. The highest BCUT2D eigenvalue weighted by molar-refractivity contribution is 5.92. The van der Waals surface area contributed by atoms with Crippen LogP contribution in [0.1, 0.15) is 20.3 Å². The van der Waals surface area contributed by atoms with Crippen molar-refractivity contribution < 1.29 is 14.6 Å². The van der Waals surface area contributed by atoms with E-state index in [2.05, 4.69) is 10.3 Å². The minimum Gasteiger partial charge on any atom is -0.494 e. The smallest absolute Gasteiger partial charge is 0.227 e. The zero-order valence-electron chi connectivity index (χ0n) is 10.3. The number of hydrogen-bond donors (Lipinski definition) is 2. The number of carbonyl (C=O) groups is 1. The monoisotopic (exact) mass is 238 g/mol. The molecule has 2 N–H and O–H groups in total. The van der Waals surface area contributed by atoms with Gasteiger partial charge in [-0.1, -0.05) is 13.8 Å². The number of rotatable bonds is 5. The van der Waals surface area contributed by atoms with Crippen LogP contribution in [0, 0.1) is 5.92 Å². The third-order valence-electron chi connectivity index (χ3n) is 2.44. The first-order valence-electron chi connectivity index (χ1n) is 5.50. The van der Waals surface area contributed by atoms with Gasteiger partial charge in [-0.2, -0.15) is 0 Å². The standard InChI is InChI=1S/C12H18N2O3/c1-8(2)10(15)6-12(16)14-9-7-13-5-4-11(9)17-3/h4-5,7-8,10,15H,6H2,1-3H3,(H,14,16). The van der Waals surface area contributed by atoms with Gasteiger partial charge in [-0.15, -0.1) is 0 Å². The second-order valence-corrected chi connectivity index (χ2v) is 4.14. The molecule has 0 aliphatic carbocycles.